The Morgan fingerprint density at radius 2 is 2.22 bits per heavy atom. The summed E-state index contributed by atoms with van der Waals surface area (Å²) in [6, 6.07) is 8.14. The number of nitrogens with zero attached hydrogens (tertiary/aromatic N) is 2. The van der Waals surface area contributed by atoms with E-state index in [1.165, 1.54) is 5.56 Å². The maximum Gasteiger partial charge on any atom is 0.197 e. The van der Waals surface area contributed by atoms with Crippen LogP contribution in [0.5, 0.6) is 5.75 Å². The zero-order chi connectivity index (χ0) is 12.8. The van der Waals surface area contributed by atoms with Crippen molar-refractivity contribution in [2.75, 3.05) is 20.7 Å². The van der Waals surface area contributed by atoms with Crippen molar-refractivity contribution in [1.29, 1.82) is 0 Å². The van der Waals surface area contributed by atoms with Gasteiger partial charge in [0.1, 0.15) is 12.0 Å². The minimum atomic E-state index is 0.575. The third-order valence-corrected chi connectivity index (χ3v) is 2.47. The normalized spacial score (nSPS) is 10.8. The summed E-state index contributed by atoms with van der Waals surface area (Å²) in [5.41, 5.74) is 1.24. The van der Waals surface area contributed by atoms with Crippen molar-refractivity contribution in [2.45, 2.75) is 13.0 Å². The van der Waals surface area contributed by atoms with Gasteiger partial charge in [-0.2, -0.15) is 0 Å². The average molecular weight is 246 g/mol. The molecule has 2 aromatic rings. The molecule has 0 aliphatic rings. The molecule has 0 spiro atoms. The van der Waals surface area contributed by atoms with Crippen molar-refractivity contribution in [3.05, 3.63) is 48.2 Å². The predicted molar refractivity (Wildman–Crippen MR) is 69.5 cm³/mol. The number of rotatable bonds is 6. The molecule has 0 N–H and O–H groups in total. The van der Waals surface area contributed by atoms with Crippen LogP contribution < -0.4 is 4.74 Å². The van der Waals surface area contributed by atoms with Crippen LogP contribution in [0.3, 0.4) is 0 Å². The molecule has 1 heterocycles. The summed E-state index contributed by atoms with van der Waals surface area (Å²) < 4.78 is 10.8. The first-order chi connectivity index (χ1) is 8.74. The van der Waals surface area contributed by atoms with Crippen LogP contribution in [-0.2, 0) is 13.0 Å². The number of hydrogen-bond donors (Lipinski definition) is 0. The Labute approximate surface area is 107 Å². The first-order valence-electron chi connectivity index (χ1n) is 5.99. The molecule has 0 saturated heterocycles. The second-order valence-corrected chi connectivity index (χ2v) is 4.41. The standard InChI is InChI=1S/C14H18N2O2/c1-16(2)11-12-4-3-5-13(10-12)17-8-6-14-15-7-9-18-14/h3-5,7,9-10H,6,8,11H2,1-2H3. The molecule has 0 atom stereocenters. The van der Waals surface area contributed by atoms with E-state index < -0.39 is 0 Å². The summed E-state index contributed by atoms with van der Waals surface area (Å²) in [6.45, 7) is 1.49. The van der Waals surface area contributed by atoms with Crippen LogP contribution in [0.25, 0.3) is 0 Å². The van der Waals surface area contributed by atoms with Crippen LogP contribution in [-0.4, -0.2) is 30.6 Å². The molecular weight excluding hydrogens is 228 g/mol. The maximum absolute atomic E-state index is 5.68. The third kappa shape index (κ3) is 3.89. The summed E-state index contributed by atoms with van der Waals surface area (Å²) in [7, 11) is 4.10. The number of aromatic nitrogens is 1. The van der Waals surface area contributed by atoms with Gasteiger partial charge in [-0.3, -0.25) is 0 Å². The third-order valence-electron chi connectivity index (χ3n) is 2.47. The van der Waals surface area contributed by atoms with Crippen molar-refractivity contribution in [2.24, 2.45) is 0 Å². The molecule has 0 saturated carbocycles. The SMILES string of the molecule is CN(C)Cc1cccc(OCCc2ncco2)c1. The molecule has 18 heavy (non-hydrogen) atoms. The Balaban J connectivity index is 1.85. The van der Waals surface area contributed by atoms with E-state index >= 15 is 0 Å². The quantitative estimate of drug-likeness (QED) is 0.784. The van der Waals surface area contributed by atoms with Crippen LogP contribution in [0.15, 0.2) is 41.1 Å². The molecule has 1 aromatic heterocycles. The summed E-state index contributed by atoms with van der Waals surface area (Å²) in [5, 5.41) is 0. The summed E-state index contributed by atoms with van der Waals surface area (Å²) >= 11 is 0. The highest BCUT2D eigenvalue weighted by atomic mass is 16.5. The second-order valence-electron chi connectivity index (χ2n) is 4.41. The zero-order valence-electron chi connectivity index (χ0n) is 10.8. The van der Waals surface area contributed by atoms with Crippen LogP contribution in [0.2, 0.25) is 0 Å². The smallest absolute Gasteiger partial charge is 0.197 e. The highest BCUT2D eigenvalue weighted by Crippen LogP contribution is 2.14. The first kappa shape index (κ1) is 12.6. The number of oxazole rings is 1. The molecule has 0 amide bonds. The lowest BCUT2D eigenvalue weighted by atomic mass is 10.2. The van der Waals surface area contributed by atoms with Crippen molar-refractivity contribution in [1.82, 2.24) is 9.88 Å². The number of benzene rings is 1. The van der Waals surface area contributed by atoms with E-state index in [0.29, 0.717) is 18.9 Å². The molecule has 0 bridgehead atoms. The van der Waals surface area contributed by atoms with Gasteiger partial charge in [0, 0.05) is 6.54 Å². The summed E-state index contributed by atoms with van der Waals surface area (Å²) in [4.78, 5) is 6.18. The van der Waals surface area contributed by atoms with Crippen LogP contribution in [0.1, 0.15) is 11.5 Å². The monoisotopic (exact) mass is 246 g/mol. The van der Waals surface area contributed by atoms with E-state index in [-0.39, 0.29) is 0 Å². The van der Waals surface area contributed by atoms with E-state index in [4.69, 9.17) is 9.15 Å². The molecule has 4 nitrogen and oxygen atoms in total. The van der Waals surface area contributed by atoms with Gasteiger partial charge in [0.2, 0.25) is 0 Å². The zero-order valence-corrected chi connectivity index (χ0v) is 10.8. The Bertz CT molecular complexity index is 466. The van der Waals surface area contributed by atoms with E-state index in [1.54, 1.807) is 12.5 Å². The van der Waals surface area contributed by atoms with Crippen molar-refractivity contribution in [3.8, 4) is 5.75 Å². The molecule has 0 aliphatic carbocycles. The summed E-state index contributed by atoms with van der Waals surface area (Å²) in [5.74, 6) is 1.60. The number of ether oxygens (including phenoxy) is 1. The first-order valence-corrected chi connectivity index (χ1v) is 5.99. The lowest BCUT2D eigenvalue weighted by Crippen LogP contribution is -2.10. The molecule has 0 aliphatic heterocycles. The average Bonchev–Trinajstić information content (AvgIpc) is 2.82. The lowest BCUT2D eigenvalue weighted by molar-refractivity contribution is 0.305. The van der Waals surface area contributed by atoms with Crippen molar-refractivity contribution in [3.63, 3.8) is 0 Å². The highest BCUT2D eigenvalue weighted by molar-refractivity contribution is 5.28. The van der Waals surface area contributed by atoms with Gasteiger partial charge in [-0.1, -0.05) is 12.1 Å². The fourth-order valence-electron chi connectivity index (χ4n) is 1.73. The minimum absolute atomic E-state index is 0.575. The van der Waals surface area contributed by atoms with Gasteiger partial charge >= 0.3 is 0 Å². The molecule has 1 aromatic carbocycles. The number of hydrogen-bond acceptors (Lipinski definition) is 4. The van der Waals surface area contributed by atoms with Gasteiger partial charge in [-0.05, 0) is 31.8 Å². The van der Waals surface area contributed by atoms with Crippen molar-refractivity contribution < 1.29 is 9.15 Å². The van der Waals surface area contributed by atoms with Crippen LogP contribution >= 0.6 is 0 Å². The molecule has 0 unspecified atom stereocenters. The fraction of sp³-hybridized carbons (Fsp3) is 0.357. The maximum atomic E-state index is 5.68. The van der Waals surface area contributed by atoms with Crippen LogP contribution in [0.4, 0.5) is 0 Å². The van der Waals surface area contributed by atoms with E-state index in [1.807, 2.05) is 12.1 Å². The molecular formula is C14H18N2O2. The lowest BCUT2D eigenvalue weighted by Gasteiger charge is -2.11. The van der Waals surface area contributed by atoms with E-state index in [2.05, 4.69) is 36.1 Å². The van der Waals surface area contributed by atoms with Gasteiger partial charge in [0.15, 0.2) is 5.89 Å². The molecule has 2 rings (SSSR count). The van der Waals surface area contributed by atoms with Crippen LogP contribution in [0, 0.1) is 0 Å². The van der Waals surface area contributed by atoms with Gasteiger partial charge in [0.25, 0.3) is 0 Å². The minimum Gasteiger partial charge on any atom is -0.493 e. The summed E-state index contributed by atoms with van der Waals surface area (Å²) in [6.07, 6.45) is 3.91. The van der Waals surface area contributed by atoms with Gasteiger partial charge < -0.3 is 14.1 Å². The topological polar surface area (TPSA) is 38.5 Å². The predicted octanol–water partition coefficient (Wildman–Crippen LogP) is 2.36. The Morgan fingerprint density at radius 3 is 2.94 bits per heavy atom. The second kappa shape index (κ2) is 6.21. The highest BCUT2D eigenvalue weighted by Gasteiger charge is 2.01. The Kier molecular flexibility index (Phi) is 4.36. The van der Waals surface area contributed by atoms with Gasteiger partial charge in [-0.15, -0.1) is 0 Å². The van der Waals surface area contributed by atoms with E-state index in [0.717, 1.165) is 12.3 Å². The van der Waals surface area contributed by atoms with Gasteiger partial charge in [-0.25, -0.2) is 4.98 Å². The van der Waals surface area contributed by atoms with E-state index in [9.17, 15) is 0 Å². The fourth-order valence-corrected chi connectivity index (χ4v) is 1.73. The largest absolute Gasteiger partial charge is 0.493 e. The molecule has 0 fully saturated rings. The molecule has 4 heteroatoms. The molecule has 96 valence electrons. The Hall–Kier alpha value is -1.81. The Morgan fingerprint density at radius 1 is 1.33 bits per heavy atom. The molecule has 0 radical (unpaired) electrons. The van der Waals surface area contributed by atoms with Crippen molar-refractivity contribution >= 4 is 0 Å². The van der Waals surface area contributed by atoms with Gasteiger partial charge in [0.05, 0.1) is 19.2 Å².